The fourth-order valence-corrected chi connectivity index (χ4v) is 5.71. The van der Waals surface area contributed by atoms with E-state index in [0.717, 1.165) is 25.9 Å². The van der Waals surface area contributed by atoms with Gasteiger partial charge in [0.25, 0.3) is 5.78 Å². The first-order chi connectivity index (χ1) is 16.4. The fourth-order valence-electron chi connectivity index (χ4n) is 5.45. The summed E-state index contributed by atoms with van der Waals surface area (Å²) in [5.74, 6) is 7.35. The molecule has 0 amide bonds. The summed E-state index contributed by atoms with van der Waals surface area (Å²) in [6, 6.07) is 2.62. The first-order valence-electron chi connectivity index (χ1n) is 11.8. The molecule has 0 bridgehead atoms. The quantitative estimate of drug-likeness (QED) is 0.439. The second kappa shape index (κ2) is 8.17. The normalized spacial score (nSPS) is 24.9. The summed E-state index contributed by atoms with van der Waals surface area (Å²) in [7, 11) is 2.10. The molecule has 2 saturated carbocycles. The minimum absolute atomic E-state index is 0.0321. The van der Waals surface area contributed by atoms with Crippen LogP contribution in [0.1, 0.15) is 31.7 Å². The molecule has 6 nitrogen and oxygen atoms in total. The number of benzene rings is 1. The molecule has 1 saturated heterocycles. The summed E-state index contributed by atoms with van der Waals surface area (Å²) in [6.07, 6.45) is 4.75. The molecule has 3 aromatic rings. The average molecular weight is 483 g/mol. The molecule has 1 N–H and O–H groups in total. The van der Waals surface area contributed by atoms with E-state index in [4.69, 9.17) is 11.6 Å². The van der Waals surface area contributed by atoms with Gasteiger partial charge in [-0.15, -0.1) is 0 Å². The zero-order valence-electron chi connectivity index (χ0n) is 19.0. The molecule has 1 unspecified atom stereocenters. The molecule has 3 aliphatic rings. The molecular weight excluding hydrogens is 458 g/mol. The lowest BCUT2D eigenvalue weighted by Gasteiger charge is -2.33. The molecule has 34 heavy (non-hydrogen) atoms. The van der Waals surface area contributed by atoms with Crippen LogP contribution in [0.25, 0.3) is 16.9 Å². The zero-order chi connectivity index (χ0) is 23.6. The lowest BCUT2D eigenvalue weighted by Crippen LogP contribution is -2.32. The van der Waals surface area contributed by atoms with Gasteiger partial charge in [-0.1, -0.05) is 29.9 Å². The number of aromatic nitrogens is 4. The van der Waals surface area contributed by atoms with Gasteiger partial charge in [-0.3, -0.25) is 0 Å². The van der Waals surface area contributed by atoms with Crippen molar-refractivity contribution in [3.63, 3.8) is 0 Å². The van der Waals surface area contributed by atoms with Crippen molar-refractivity contribution in [1.82, 2.24) is 24.5 Å². The van der Waals surface area contributed by atoms with Crippen molar-refractivity contribution in [3.8, 4) is 23.0 Å². The second-order valence-electron chi connectivity index (χ2n) is 9.88. The summed E-state index contributed by atoms with van der Waals surface area (Å²) in [4.78, 5) is 10.6. The Labute approximate surface area is 201 Å². The Morgan fingerprint density at radius 2 is 1.85 bits per heavy atom. The zero-order valence-corrected chi connectivity index (χ0v) is 19.8. The van der Waals surface area contributed by atoms with E-state index in [-0.39, 0.29) is 28.1 Å². The van der Waals surface area contributed by atoms with Crippen LogP contribution in [0.2, 0.25) is 5.15 Å². The number of hydrogen-bond donors (Lipinski definition) is 1. The Balaban J connectivity index is 1.37. The Morgan fingerprint density at radius 3 is 2.50 bits per heavy atom. The average Bonchev–Trinajstić information content (AvgIpc) is 3.06. The van der Waals surface area contributed by atoms with Gasteiger partial charge in [0, 0.05) is 30.6 Å². The van der Waals surface area contributed by atoms with Crippen LogP contribution in [0.5, 0.6) is 0 Å². The first-order valence-corrected chi connectivity index (χ1v) is 12.1. The Kier molecular flexibility index (Phi) is 5.23. The topological polar surface area (TPSA) is 58.3 Å². The standard InChI is InChI=1S/C25H25ClF2N6/c1-13(15-4-3-5-15)31-24-22(23(26)32-25-29-12-30-34(24)25)21-19(27)8-14(9-20(21)28)6-7-16-17-10-33(2)11-18(16)17/h8-9,12-13,15-18,31H,3-5,10-11H2,1-2H3/t13-,16?,17-,18+/m1/s1. The largest absolute Gasteiger partial charge is 0.367 e. The minimum Gasteiger partial charge on any atom is -0.367 e. The third kappa shape index (κ3) is 3.62. The summed E-state index contributed by atoms with van der Waals surface area (Å²) in [6.45, 7) is 4.13. The lowest BCUT2D eigenvalue weighted by molar-refractivity contribution is 0.284. The fraction of sp³-hybridized carbons (Fsp3) is 0.480. The molecule has 4 atom stereocenters. The van der Waals surface area contributed by atoms with Crippen molar-refractivity contribution in [2.24, 2.45) is 23.7 Å². The highest BCUT2D eigenvalue weighted by Crippen LogP contribution is 2.50. The van der Waals surface area contributed by atoms with Crippen LogP contribution in [-0.4, -0.2) is 50.7 Å². The van der Waals surface area contributed by atoms with Crippen molar-refractivity contribution in [2.75, 3.05) is 25.5 Å². The highest BCUT2D eigenvalue weighted by molar-refractivity contribution is 6.33. The Hall–Kier alpha value is -2.76. The summed E-state index contributed by atoms with van der Waals surface area (Å²) >= 11 is 6.47. The maximum absolute atomic E-state index is 15.4. The van der Waals surface area contributed by atoms with Crippen molar-refractivity contribution in [2.45, 2.75) is 32.2 Å². The van der Waals surface area contributed by atoms with Gasteiger partial charge in [0.15, 0.2) is 0 Å². The molecular formula is C25H25ClF2N6. The van der Waals surface area contributed by atoms with E-state index in [2.05, 4.69) is 51.1 Å². The van der Waals surface area contributed by atoms with Gasteiger partial charge in [-0.25, -0.2) is 8.78 Å². The number of halogens is 3. The molecule has 0 radical (unpaired) electrons. The van der Waals surface area contributed by atoms with Crippen molar-refractivity contribution >= 4 is 23.2 Å². The third-order valence-electron chi connectivity index (χ3n) is 7.66. The van der Waals surface area contributed by atoms with E-state index in [1.807, 2.05) is 0 Å². The van der Waals surface area contributed by atoms with Crippen LogP contribution in [-0.2, 0) is 0 Å². The molecule has 1 aromatic carbocycles. The van der Waals surface area contributed by atoms with Crippen molar-refractivity contribution in [3.05, 3.63) is 40.8 Å². The van der Waals surface area contributed by atoms with E-state index >= 15 is 8.78 Å². The number of nitrogens with zero attached hydrogens (tertiary/aromatic N) is 5. The SMILES string of the molecule is C[C@@H](Nc1c(-c2c(F)cc(C#CC3[C@H]4CN(C)C[C@@H]34)cc2F)c(Cl)nc2ncnn12)C1CCC1. The molecule has 2 aliphatic carbocycles. The molecule has 3 fully saturated rings. The molecule has 2 aromatic heterocycles. The summed E-state index contributed by atoms with van der Waals surface area (Å²) in [5, 5.41) is 7.58. The summed E-state index contributed by atoms with van der Waals surface area (Å²) in [5.41, 5.74) is 0.217. The molecule has 9 heteroatoms. The van der Waals surface area contributed by atoms with E-state index in [1.54, 1.807) is 0 Å². The van der Waals surface area contributed by atoms with Gasteiger partial charge >= 0.3 is 0 Å². The van der Waals surface area contributed by atoms with Gasteiger partial charge in [0.2, 0.25) is 0 Å². The van der Waals surface area contributed by atoms with Crippen LogP contribution in [0.3, 0.4) is 0 Å². The van der Waals surface area contributed by atoms with Crippen molar-refractivity contribution in [1.29, 1.82) is 0 Å². The predicted octanol–water partition coefficient (Wildman–Crippen LogP) is 4.48. The number of hydrogen-bond acceptors (Lipinski definition) is 5. The highest BCUT2D eigenvalue weighted by atomic mass is 35.5. The van der Waals surface area contributed by atoms with Gasteiger partial charge < -0.3 is 10.2 Å². The molecule has 1 aliphatic heterocycles. The van der Waals surface area contributed by atoms with Crippen molar-refractivity contribution < 1.29 is 8.78 Å². The van der Waals surface area contributed by atoms with Gasteiger partial charge in [0.05, 0.1) is 11.1 Å². The Morgan fingerprint density at radius 1 is 1.15 bits per heavy atom. The van der Waals surface area contributed by atoms with E-state index < -0.39 is 11.6 Å². The van der Waals surface area contributed by atoms with Gasteiger partial charge in [0.1, 0.15) is 28.9 Å². The van der Waals surface area contributed by atoms with Crippen LogP contribution < -0.4 is 5.32 Å². The van der Waals surface area contributed by atoms with Gasteiger partial charge in [-0.05, 0) is 56.7 Å². The second-order valence-corrected chi connectivity index (χ2v) is 10.2. The number of likely N-dealkylation sites (tertiary alicyclic amines) is 1. The first kappa shape index (κ1) is 21.8. The van der Waals surface area contributed by atoms with Crippen LogP contribution >= 0.6 is 11.6 Å². The molecule has 176 valence electrons. The maximum Gasteiger partial charge on any atom is 0.255 e. The maximum atomic E-state index is 15.4. The smallest absolute Gasteiger partial charge is 0.255 e. The monoisotopic (exact) mass is 482 g/mol. The highest BCUT2D eigenvalue weighted by Gasteiger charge is 2.53. The van der Waals surface area contributed by atoms with E-state index in [1.165, 1.54) is 29.4 Å². The minimum atomic E-state index is -0.734. The Bertz CT molecular complexity index is 1310. The van der Waals surface area contributed by atoms with Crippen LogP contribution in [0.4, 0.5) is 14.6 Å². The third-order valence-corrected chi connectivity index (χ3v) is 7.93. The molecule has 0 spiro atoms. The van der Waals surface area contributed by atoms with Crippen LogP contribution in [0, 0.1) is 47.1 Å². The number of fused-ring (bicyclic) bond motifs is 2. The van der Waals surface area contributed by atoms with Crippen LogP contribution in [0.15, 0.2) is 18.5 Å². The number of nitrogens with one attached hydrogen (secondary N) is 1. The number of piperidine rings is 1. The van der Waals surface area contributed by atoms with E-state index in [0.29, 0.717) is 35.1 Å². The number of anilines is 1. The molecule has 6 rings (SSSR count). The molecule has 3 heterocycles. The van der Waals surface area contributed by atoms with E-state index in [9.17, 15) is 0 Å². The summed E-state index contributed by atoms with van der Waals surface area (Å²) < 4.78 is 32.3. The van der Waals surface area contributed by atoms with Gasteiger partial charge in [-0.2, -0.15) is 19.6 Å². The predicted molar refractivity (Wildman–Crippen MR) is 126 cm³/mol. The lowest BCUT2D eigenvalue weighted by atomic mass is 9.80. The number of rotatable bonds is 4.